The van der Waals surface area contributed by atoms with E-state index in [2.05, 4.69) is 16.9 Å². The standard InChI is InChI=1S/C18H24N4O3S/c1-3-4-15-5-7-16(8-6-15)26(23,24)22-13-11-21(12-14-22)18-19-10-9-17(20-18)25-2/h5-10H,3-4,11-14H2,1-2H3. The molecule has 26 heavy (non-hydrogen) atoms. The second-order valence-electron chi connectivity index (χ2n) is 6.18. The maximum Gasteiger partial charge on any atom is 0.243 e. The van der Waals surface area contributed by atoms with Crippen molar-refractivity contribution in [2.45, 2.75) is 24.7 Å². The van der Waals surface area contributed by atoms with Crippen molar-refractivity contribution in [3.63, 3.8) is 0 Å². The Kier molecular flexibility index (Phi) is 5.73. The van der Waals surface area contributed by atoms with Gasteiger partial charge in [0.25, 0.3) is 0 Å². The van der Waals surface area contributed by atoms with Gasteiger partial charge < -0.3 is 9.64 Å². The van der Waals surface area contributed by atoms with Gasteiger partial charge in [0.2, 0.25) is 21.9 Å². The van der Waals surface area contributed by atoms with Gasteiger partial charge in [-0.05, 0) is 24.1 Å². The number of nitrogens with zero attached hydrogens (tertiary/aromatic N) is 4. The predicted octanol–water partition coefficient (Wildman–Crippen LogP) is 1.95. The van der Waals surface area contributed by atoms with Crippen molar-refractivity contribution in [2.75, 3.05) is 38.2 Å². The van der Waals surface area contributed by atoms with Gasteiger partial charge in [-0.25, -0.2) is 13.4 Å². The zero-order valence-corrected chi connectivity index (χ0v) is 15.9. The number of ether oxygens (including phenoxy) is 1. The Labute approximate surface area is 154 Å². The normalized spacial score (nSPS) is 15.8. The minimum Gasteiger partial charge on any atom is -0.481 e. The molecule has 1 saturated heterocycles. The average Bonchev–Trinajstić information content (AvgIpc) is 2.69. The van der Waals surface area contributed by atoms with Crippen molar-refractivity contribution in [2.24, 2.45) is 0 Å². The molecule has 0 amide bonds. The monoisotopic (exact) mass is 376 g/mol. The van der Waals surface area contributed by atoms with Crippen LogP contribution >= 0.6 is 0 Å². The predicted molar refractivity (Wildman–Crippen MR) is 100.0 cm³/mol. The number of rotatable bonds is 6. The molecule has 7 nitrogen and oxygen atoms in total. The Morgan fingerprint density at radius 2 is 1.77 bits per heavy atom. The van der Waals surface area contributed by atoms with Gasteiger partial charge in [0.05, 0.1) is 12.0 Å². The first kappa shape index (κ1) is 18.6. The summed E-state index contributed by atoms with van der Waals surface area (Å²) in [7, 11) is -1.91. The second-order valence-corrected chi connectivity index (χ2v) is 8.12. The Bertz CT molecular complexity index is 832. The number of sulfonamides is 1. The van der Waals surface area contributed by atoms with E-state index >= 15 is 0 Å². The highest BCUT2D eigenvalue weighted by Gasteiger charge is 2.29. The molecule has 1 aromatic heterocycles. The average molecular weight is 376 g/mol. The minimum atomic E-state index is -3.47. The minimum absolute atomic E-state index is 0.350. The fraction of sp³-hybridized carbons (Fsp3) is 0.444. The third-order valence-corrected chi connectivity index (χ3v) is 6.36. The first-order valence-corrected chi connectivity index (χ1v) is 10.2. The van der Waals surface area contributed by atoms with Crippen molar-refractivity contribution < 1.29 is 13.2 Å². The van der Waals surface area contributed by atoms with Crippen molar-refractivity contribution in [3.05, 3.63) is 42.1 Å². The topological polar surface area (TPSA) is 75.6 Å². The van der Waals surface area contributed by atoms with Crippen LogP contribution in [-0.4, -0.2) is 56.0 Å². The summed E-state index contributed by atoms with van der Waals surface area (Å²) in [6.07, 6.45) is 3.64. The number of anilines is 1. The van der Waals surface area contributed by atoms with Gasteiger partial charge in [-0.3, -0.25) is 0 Å². The summed E-state index contributed by atoms with van der Waals surface area (Å²) in [5.41, 5.74) is 1.16. The molecule has 1 aliphatic rings. The van der Waals surface area contributed by atoms with E-state index < -0.39 is 10.0 Å². The van der Waals surface area contributed by atoms with E-state index in [-0.39, 0.29) is 0 Å². The molecule has 0 atom stereocenters. The molecule has 0 aliphatic carbocycles. The Balaban J connectivity index is 1.68. The Morgan fingerprint density at radius 1 is 1.08 bits per heavy atom. The molecule has 2 aromatic rings. The number of aryl methyl sites for hydroxylation is 1. The molecule has 0 unspecified atom stereocenters. The van der Waals surface area contributed by atoms with Crippen LogP contribution in [0.5, 0.6) is 5.88 Å². The lowest BCUT2D eigenvalue weighted by molar-refractivity contribution is 0.377. The second kappa shape index (κ2) is 8.01. The van der Waals surface area contributed by atoms with Crippen molar-refractivity contribution in [1.29, 1.82) is 0 Å². The number of benzene rings is 1. The summed E-state index contributed by atoms with van der Waals surface area (Å²) in [5, 5.41) is 0. The van der Waals surface area contributed by atoms with E-state index in [1.807, 2.05) is 17.0 Å². The van der Waals surface area contributed by atoms with Crippen molar-refractivity contribution in [3.8, 4) is 5.88 Å². The number of hydrogen-bond acceptors (Lipinski definition) is 6. The van der Waals surface area contributed by atoms with E-state index in [4.69, 9.17) is 4.74 Å². The van der Waals surface area contributed by atoms with Crippen LogP contribution in [0.4, 0.5) is 5.95 Å². The summed E-state index contributed by atoms with van der Waals surface area (Å²) in [6, 6.07) is 8.90. The third kappa shape index (κ3) is 3.96. The smallest absolute Gasteiger partial charge is 0.243 e. The lowest BCUT2D eigenvalue weighted by atomic mass is 10.1. The molecule has 1 aromatic carbocycles. The summed E-state index contributed by atoms with van der Waals surface area (Å²) in [5.74, 6) is 1.06. The van der Waals surface area contributed by atoms with Crippen LogP contribution in [-0.2, 0) is 16.4 Å². The molecular weight excluding hydrogens is 352 g/mol. The van der Waals surface area contributed by atoms with Crippen LogP contribution in [0, 0.1) is 0 Å². The van der Waals surface area contributed by atoms with Crippen LogP contribution in [0.15, 0.2) is 41.4 Å². The highest BCUT2D eigenvalue weighted by atomic mass is 32.2. The molecular formula is C18H24N4O3S. The maximum absolute atomic E-state index is 12.9. The molecule has 2 heterocycles. The Morgan fingerprint density at radius 3 is 2.38 bits per heavy atom. The highest BCUT2D eigenvalue weighted by Crippen LogP contribution is 2.21. The number of methoxy groups -OCH3 is 1. The molecule has 8 heteroatoms. The zero-order valence-electron chi connectivity index (χ0n) is 15.1. The quantitative estimate of drug-likeness (QED) is 0.767. The third-order valence-electron chi connectivity index (χ3n) is 4.45. The zero-order chi connectivity index (χ0) is 18.6. The molecule has 0 radical (unpaired) electrons. The van der Waals surface area contributed by atoms with Gasteiger partial charge in [-0.15, -0.1) is 0 Å². The van der Waals surface area contributed by atoms with E-state index in [0.717, 1.165) is 18.4 Å². The van der Waals surface area contributed by atoms with E-state index in [0.29, 0.717) is 42.9 Å². The van der Waals surface area contributed by atoms with Crippen LogP contribution in [0.25, 0.3) is 0 Å². The molecule has 3 rings (SSSR count). The lowest BCUT2D eigenvalue weighted by Crippen LogP contribution is -2.49. The van der Waals surface area contributed by atoms with Gasteiger partial charge in [0.1, 0.15) is 0 Å². The number of aromatic nitrogens is 2. The number of hydrogen-bond donors (Lipinski definition) is 0. The van der Waals surface area contributed by atoms with E-state index in [1.165, 1.54) is 4.31 Å². The summed E-state index contributed by atoms with van der Waals surface area (Å²) < 4.78 is 32.4. The van der Waals surface area contributed by atoms with E-state index in [9.17, 15) is 8.42 Å². The van der Waals surface area contributed by atoms with Crippen LogP contribution < -0.4 is 9.64 Å². The van der Waals surface area contributed by atoms with Crippen LogP contribution in [0.2, 0.25) is 0 Å². The van der Waals surface area contributed by atoms with Gasteiger partial charge in [-0.1, -0.05) is 25.5 Å². The van der Waals surface area contributed by atoms with Crippen molar-refractivity contribution in [1.82, 2.24) is 14.3 Å². The van der Waals surface area contributed by atoms with Gasteiger partial charge in [0, 0.05) is 38.4 Å². The molecule has 1 aliphatic heterocycles. The van der Waals surface area contributed by atoms with Crippen LogP contribution in [0.1, 0.15) is 18.9 Å². The molecule has 0 saturated carbocycles. The fourth-order valence-electron chi connectivity index (χ4n) is 2.99. The van der Waals surface area contributed by atoms with Gasteiger partial charge in [-0.2, -0.15) is 9.29 Å². The molecule has 0 bridgehead atoms. The Hall–Kier alpha value is -2.19. The first-order chi connectivity index (χ1) is 12.5. The summed E-state index contributed by atoms with van der Waals surface area (Å²) in [6.45, 7) is 4.00. The maximum atomic E-state index is 12.9. The largest absolute Gasteiger partial charge is 0.481 e. The fourth-order valence-corrected chi connectivity index (χ4v) is 4.41. The van der Waals surface area contributed by atoms with Gasteiger partial charge >= 0.3 is 0 Å². The molecule has 140 valence electrons. The molecule has 1 fully saturated rings. The molecule has 0 spiro atoms. The summed E-state index contributed by atoms with van der Waals surface area (Å²) >= 11 is 0. The van der Waals surface area contributed by atoms with Gasteiger partial charge in [0.15, 0.2) is 0 Å². The summed E-state index contributed by atoms with van der Waals surface area (Å²) in [4.78, 5) is 10.9. The van der Waals surface area contributed by atoms with E-state index in [1.54, 1.807) is 31.5 Å². The highest BCUT2D eigenvalue weighted by molar-refractivity contribution is 7.89. The lowest BCUT2D eigenvalue weighted by Gasteiger charge is -2.34. The number of piperazine rings is 1. The first-order valence-electron chi connectivity index (χ1n) is 8.75. The van der Waals surface area contributed by atoms with Crippen LogP contribution in [0.3, 0.4) is 0 Å². The SMILES string of the molecule is CCCc1ccc(S(=O)(=O)N2CCN(c3nccc(OC)n3)CC2)cc1. The van der Waals surface area contributed by atoms with Crippen molar-refractivity contribution >= 4 is 16.0 Å². The molecule has 0 N–H and O–H groups in total.